The number of aliphatic hydroxyl groups is 21. The number of hydrogen-bond donors (Lipinski definition) is 25. The molecule has 95 heavy (non-hydrogen) atoms. The molecule has 0 saturated carbocycles. The SMILES string of the molecule is CC(=O)NC1C(O)CC(OCC2OC(OC3C(O)C(CO)OC(OC(C(O)CO)C(OC4OC(C)C(O)C(O)C4O)C(O)C=O)C3O)C(NC(C)=O)C(OC3OC(CO)C(O)C(OC4(C(=O)O)CC(O)C(NC(C)=O)C(C(O)C(O)CO)O4)C3O)C2O)OC1C(O)C(O)CO. The van der Waals surface area contributed by atoms with Crippen molar-refractivity contribution in [3.63, 3.8) is 0 Å². The first-order valence-corrected chi connectivity index (χ1v) is 29.9. The minimum atomic E-state index is -3.33. The highest BCUT2D eigenvalue weighted by molar-refractivity contribution is 5.77. The molecule has 42 nitrogen and oxygen atoms in total. The van der Waals surface area contributed by atoms with Crippen molar-refractivity contribution in [3.8, 4) is 0 Å². The van der Waals surface area contributed by atoms with Crippen LogP contribution in [0.15, 0.2) is 0 Å². The fourth-order valence-electron chi connectivity index (χ4n) is 11.7. The Morgan fingerprint density at radius 2 is 1.00 bits per heavy atom. The molecule has 0 spiro atoms. The van der Waals surface area contributed by atoms with Gasteiger partial charge in [-0.3, -0.25) is 14.4 Å². The predicted molar refractivity (Wildman–Crippen MR) is 294 cm³/mol. The van der Waals surface area contributed by atoms with Crippen molar-refractivity contribution >= 4 is 30.0 Å². The van der Waals surface area contributed by atoms with Gasteiger partial charge in [0.15, 0.2) is 37.7 Å². The lowest BCUT2D eigenvalue weighted by atomic mass is 9.88. The Hall–Kier alpha value is -3.77. The quantitative estimate of drug-likeness (QED) is 0.0297. The summed E-state index contributed by atoms with van der Waals surface area (Å²) in [5.41, 5.74) is 0. The number of carbonyl (C=O) groups is 5. The number of aldehydes is 1. The Morgan fingerprint density at radius 3 is 1.54 bits per heavy atom. The summed E-state index contributed by atoms with van der Waals surface area (Å²) in [5, 5.41) is 247. The summed E-state index contributed by atoms with van der Waals surface area (Å²) < 4.78 is 69.9. The van der Waals surface area contributed by atoms with Gasteiger partial charge in [0.2, 0.25) is 17.7 Å². The molecule has 6 heterocycles. The van der Waals surface area contributed by atoms with Gasteiger partial charge in [-0.15, -0.1) is 0 Å². The maximum absolute atomic E-state index is 13.3. The molecule has 6 saturated heterocycles. The van der Waals surface area contributed by atoms with Crippen LogP contribution in [0.25, 0.3) is 0 Å². The fourth-order valence-corrected chi connectivity index (χ4v) is 11.7. The third-order valence-corrected chi connectivity index (χ3v) is 16.8. The van der Waals surface area contributed by atoms with Gasteiger partial charge in [-0.1, -0.05) is 0 Å². The van der Waals surface area contributed by atoms with Gasteiger partial charge in [-0.05, 0) is 6.92 Å². The second kappa shape index (κ2) is 35.0. The number of rotatable bonds is 30. The Kier molecular flexibility index (Phi) is 29.6. The molecule has 42 heteroatoms. The van der Waals surface area contributed by atoms with E-state index in [0.717, 1.165) is 20.8 Å². The highest BCUT2D eigenvalue weighted by atomic mass is 16.8. The summed E-state index contributed by atoms with van der Waals surface area (Å²) in [5.74, 6) is -8.19. The van der Waals surface area contributed by atoms with E-state index in [0.29, 0.717) is 0 Å². The largest absolute Gasteiger partial charge is 0.477 e. The molecule has 0 aromatic heterocycles. The van der Waals surface area contributed by atoms with Gasteiger partial charge in [0.25, 0.3) is 5.79 Å². The van der Waals surface area contributed by atoms with E-state index < -0.39 is 296 Å². The van der Waals surface area contributed by atoms with Crippen LogP contribution in [-0.2, 0) is 80.8 Å². The normalized spacial score (nSPS) is 42.8. The van der Waals surface area contributed by atoms with Crippen LogP contribution in [-0.4, -0.2) is 402 Å². The zero-order valence-corrected chi connectivity index (χ0v) is 51.2. The van der Waals surface area contributed by atoms with Crippen LogP contribution in [0.3, 0.4) is 0 Å². The second-order valence-corrected chi connectivity index (χ2v) is 23.7. The molecule has 0 aromatic carbocycles. The van der Waals surface area contributed by atoms with Crippen molar-refractivity contribution in [1.29, 1.82) is 0 Å². The van der Waals surface area contributed by atoms with Crippen LogP contribution >= 0.6 is 0 Å². The van der Waals surface area contributed by atoms with E-state index in [9.17, 15) is 136 Å². The number of carboxylic acids is 1. The zero-order valence-electron chi connectivity index (χ0n) is 51.2. The third kappa shape index (κ3) is 18.6. The monoisotopic (exact) mass is 1390 g/mol. The molecular formula is C53H89N3O39. The van der Waals surface area contributed by atoms with Gasteiger partial charge in [-0.25, -0.2) is 4.79 Å². The highest BCUT2D eigenvalue weighted by Gasteiger charge is 2.62. The summed E-state index contributed by atoms with van der Waals surface area (Å²) in [4.78, 5) is 63.2. The summed E-state index contributed by atoms with van der Waals surface area (Å²) in [6, 6.07) is -5.35. The average Bonchev–Trinajstić information content (AvgIpc) is 0.761. The van der Waals surface area contributed by atoms with Crippen LogP contribution < -0.4 is 16.0 Å². The first-order chi connectivity index (χ1) is 44.6. The molecule has 6 aliphatic heterocycles. The van der Waals surface area contributed by atoms with E-state index in [1.54, 1.807) is 0 Å². The number of carbonyl (C=O) groups excluding carboxylic acids is 4. The first-order valence-electron chi connectivity index (χ1n) is 29.9. The van der Waals surface area contributed by atoms with E-state index in [1.807, 2.05) is 0 Å². The highest BCUT2D eigenvalue weighted by Crippen LogP contribution is 2.40. The summed E-state index contributed by atoms with van der Waals surface area (Å²) >= 11 is 0. The van der Waals surface area contributed by atoms with Gasteiger partial charge >= 0.3 is 5.97 Å². The van der Waals surface area contributed by atoms with Crippen LogP contribution in [0.1, 0.15) is 40.5 Å². The average molecular weight is 1390 g/mol. The predicted octanol–water partition coefficient (Wildman–Crippen LogP) is -16.0. The Balaban J connectivity index is 1.41. The molecule has 0 bridgehead atoms. The summed E-state index contributed by atoms with van der Waals surface area (Å²) in [6.07, 6.45) is -70.8. The third-order valence-electron chi connectivity index (χ3n) is 16.8. The second-order valence-electron chi connectivity index (χ2n) is 23.7. The van der Waals surface area contributed by atoms with Crippen molar-refractivity contribution in [2.75, 3.05) is 39.6 Å². The van der Waals surface area contributed by atoms with Crippen molar-refractivity contribution in [2.45, 2.75) is 261 Å². The topological polar surface area (TPSA) is 677 Å². The maximum atomic E-state index is 13.3. The summed E-state index contributed by atoms with van der Waals surface area (Å²) in [6.45, 7) is -2.99. The first kappa shape index (κ1) is 80.2. The van der Waals surface area contributed by atoms with E-state index in [2.05, 4.69) is 16.0 Å². The molecule has 0 aromatic rings. The Labute approximate surface area is 538 Å². The van der Waals surface area contributed by atoms with Crippen molar-refractivity contribution in [2.24, 2.45) is 0 Å². The van der Waals surface area contributed by atoms with Crippen LogP contribution in [0.5, 0.6) is 0 Å². The molecule has 36 atom stereocenters. The molecule has 6 aliphatic rings. The molecule has 3 amide bonds. The van der Waals surface area contributed by atoms with Crippen molar-refractivity contribution in [1.82, 2.24) is 16.0 Å². The zero-order chi connectivity index (χ0) is 71.0. The standard InChI is InChI=1S/C53H89N3O39/c1-14-31(72)37(78)38(79)49(85-14)90-41(22(70)9-59)42(23(71)10-60)91-50-39(80)46(34(75)24(11-61)86-50)93-48-30(56-17(4)65)44(36(77)26(88-48)13-84-27-5-18(66)28(54-15(2)63)43(89-27)32(73)20(68)7-57)92-51-40(81)47(35(76)25(12-62)87-51)95-53(52(82)83)6-19(67)29(55-16(3)64)45(94-53)33(74)21(69)8-58/h9,14,18-51,57-58,60-62,66-81H,5-8,10-13H2,1-4H3,(H,54,63)(H,55,64)(H,56,65)(H,82,83). The molecule has 36 unspecified atom stereocenters. The molecule has 0 aliphatic carbocycles. The number of ether oxygens (including phenoxy) is 12. The van der Waals surface area contributed by atoms with Crippen molar-refractivity contribution in [3.05, 3.63) is 0 Å². The van der Waals surface area contributed by atoms with Crippen molar-refractivity contribution < 1.29 is 193 Å². The number of carboxylic acid groups (broad SMARTS) is 1. The lowest BCUT2D eigenvalue weighted by Gasteiger charge is -2.51. The Morgan fingerprint density at radius 1 is 0.526 bits per heavy atom. The van der Waals surface area contributed by atoms with E-state index >= 15 is 0 Å². The van der Waals surface area contributed by atoms with Crippen LogP contribution in [0.2, 0.25) is 0 Å². The van der Waals surface area contributed by atoms with Gasteiger partial charge in [0.05, 0.1) is 70.0 Å². The summed E-state index contributed by atoms with van der Waals surface area (Å²) in [7, 11) is 0. The Bertz CT molecular complexity index is 2450. The molecule has 0 radical (unpaired) electrons. The number of nitrogens with one attached hydrogen (secondary N) is 3. The number of aliphatic carboxylic acids is 1. The lowest BCUT2D eigenvalue weighted by molar-refractivity contribution is -0.389. The fraction of sp³-hybridized carbons (Fsp3) is 0.906. The molecule has 6 rings (SSSR count). The van der Waals surface area contributed by atoms with E-state index in [1.165, 1.54) is 6.92 Å². The smallest absolute Gasteiger partial charge is 0.364 e. The van der Waals surface area contributed by atoms with Gasteiger partial charge in [-0.2, -0.15) is 0 Å². The molecule has 6 fully saturated rings. The van der Waals surface area contributed by atoms with E-state index in [-0.39, 0.29) is 6.29 Å². The van der Waals surface area contributed by atoms with Crippen LogP contribution in [0.4, 0.5) is 0 Å². The van der Waals surface area contributed by atoms with Crippen LogP contribution in [0, 0.1) is 0 Å². The minimum absolute atomic E-state index is 0.177. The number of aliphatic hydroxyl groups excluding tert-OH is 21. The van der Waals surface area contributed by atoms with Gasteiger partial charge < -0.3 is 190 Å². The molecule has 550 valence electrons. The lowest BCUT2D eigenvalue weighted by Crippen LogP contribution is -2.71. The van der Waals surface area contributed by atoms with Gasteiger partial charge in [0, 0.05) is 33.6 Å². The van der Waals surface area contributed by atoms with Gasteiger partial charge in [0.1, 0.15) is 153 Å². The number of hydrogen-bond acceptors (Lipinski definition) is 38. The number of amides is 3. The minimum Gasteiger partial charge on any atom is -0.477 e. The molecular weight excluding hydrogens is 1300 g/mol. The maximum Gasteiger partial charge on any atom is 0.364 e. The molecule has 25 N–H and O–H groups in total. The van der Waals surface area contributed by atoms with E-state index in [4.69, 9.17) is 56.8 Å².